The lowest BCUT2D eigenvalue weighted by Crippen LogP contribution is -2.24. The molecule has 0 atom stereocenters. The molecule has 0 aliphatic carbocycles. The maximum Gasteiger partial charge on any atom is 0.280 e. The largest absolute Gasteiger partial charge is 0.280 e. The standard InChI is InChI=1S/C12H8N2O/c1-7-6-10-11(12(15)13-7)8-4-2-3-5-9(8)14-10/h2-6H,1H3. The number of fused-ring (bicyclic) bond motifs is 2. The van der Waals surface area contributed by atoms with Crippen molar-refractivity contribution in [2.45, 2.75) is 6.92 Å². The Kier molecular flexibility index (Phi) is 1.51. The number of para-hydroxylation sites is 1. The van der Waals surface area contributed by atoms with Gasteiger partial charge < -0.3 is 0 Å². The Balaban J connectivity index is 2.45. The highest BCUT2D eigenvalue weighted by molar-refractivity contribution is 6.27. The molecule has 1 aromatic carbocycles. The van der Waals surface area contributed by atoms with E-state index in [-0.39, 0.29) is 5.91 Å². The zero-order valence-electron chi connectivity index (χ0n) is 8.19. The van der Waals surface area contributed by atoms with Gasteiger partial charge in [0.25, 0.3) is 5.91 Å². The van der Waals surface area contributed by atoms with E-state index >= 15 is 0 Å². The van der Waals surface area contributed by atoms with E-state index in [4.69, 9.17) is 0 Å². The molecule has 0 radical (unpaired) electrons. The summed E-state index contributed by atoms with van der Waals surface area (Å²) in [4.78, 5) is 20.0. The maximum atomic E-state index is 11.7. The summed E-state index contributed by atoms with van der Waals surface area (Å²) in [6.07, 6.45) is 1.84. The number of carbonyl (C=O) groups is 1. The summed E-state index contributed by atoms with van der Waals surface area (Å²) < 4.78 is 0. The molecule has 0 N–H and O–H groups in total. The Morgan fingerprint density at radius 1 is 1.13 bits per heavy atom. The van der Waals surface area contributed by atoms with Crippen LogP contribution in [0.1, 0.15) is 6.92 Å². The Bertz CT molecular complexity index is 650. The van der Waals surface area contributed by atoms with E-state index in [0.29, 0.717) is 5.57 Å². The fourth-order valence-corrected chi connectivity index (χ4v) is 1.88. The predicted molar refractivity (Wildman–Crippen MR) is 56.8 cm³/mol. The molecule has 15 heavy (non-hydrogen) atoms. The van der Waals surface area contributed by atoms with E-state index in [1.165, 1.54) is 0 Å². The van der Waals surface area contributed by atoms with Crippen LogP contribution < -0.4 is 10.6 Å². The molecule has 0 unspecified atom stereocenters. The first-order valence-electron chi connectivity index (χ1n) is 4.75. The van der Waals surface area contributed by atoms with Gasteiger partial charge in [-0.05, 0) is 19.1 Å². The van der Waals surface area contributed by atoms with Gasteiger partial charge in [-0.15, -0.1) is 0 Å². The lowest BCUT2D eigenvalue weighted by Gasteiger charge is -2.05. The summed E-state index contributed by atoms with van der Waals surface area (Å²) in [6.45, 7) is 1.81. The van der Waals surface area contributed by atoms with Gasteiger partial charge in [-0.2, -0.15) is 0 Å². The molecule has 1 amide bonds. The summed E-state index contributed by atoms with van der Waals surface area (Å²) in [6, 6.07) is 7.63. The summed E-state index contributed by atoms with van der Waals surface area (Å²) in [5.74, 6) is -0.182. The van der Waals surface area contributed by atoms with Crippen molar-refractivity contribution in [3.05, 3.63) is 46.6 Å². The maximum absolute atomic E-state index is 11.7. The highest BCUT2D eigenvalue weighted by Gasteiger charge is 2.22. The van der Waals surface area contributed by atoms with Crippen LogP contribution in [0.25, 0.3) is 5.57 Å². The van der Waals surface area contributed by atoms with Crippen LogP contribution in [0.3, 0.4) is 0 Å². The zero-order chi connectivity index (χ0) is 10.4. The van der Waals surface area contributed by atoms with Crippen LogP contribution in [0, 0.1) is 0 Å². The van der Waals surface area contributed by atoms with Gasteiger partial charge in [-0.1, -0.05) is 18.2 Å². The molecule has 2 aliphatic heterocycles. The van der Waals surface area contributed by atoms with Crippen molar-refractivity contribution in [2.75, 3.05) is 0 Å². The summed E-state index contributed by atoms with van der Waals surface area (Å²) in [5.41, 5.74) is 2.10. The van der Waals surface area contributed by atoms with Crippen molar-refractivity contribution in [1.29, 1.82) is 0 Å². The average molecular weight is 196 g/mol. The first-order valence-corrected chi connectivity index (χ1v) is 4.75. The fourth-order valence-electron chi connectivity index (χ4n) is 1.88. The third kappa shape index (κ3) is 1.09. The van der Waals surface area contributed by atoms with E-state index in [2.05, 4.69) is 9.98 Å². The first kappa shape index (κ1) is 8.29. The van der Waals surface area contributed by atoms with Crippen LogP contribution in [0.15, 0.2) is 46.0 Å². The van der Waals surface area contributed by atoms with Crippen molar-refractivity contribution in [3.63, 3.8) is 0 Å². The lowest BCUT2D eigenvalue weighted by molar-refractivity contribution is -0.112. The van der Waals surface area contributed by atoms with Crippen molar-refractivity contribution >= 4 is 17.2 Å². The molecule has 72 valence electrons. The van der Waals surface area contributed by atoms with Crippen LogP contribution in [0.4, 0.5) is 0 Å². The van der Waals surface area contributed by atoms with Gasteiger partial charge in [0, 0.05) is 10.9 Å². The number of hydrogen-bond acceptors (Lipinski definition) is 2. The van der Waals surface area contributed by atoms with Gasteiger partial charge in [0.15, 0.2) is 0 Å². The van der Waals surface area contributed by atoms with Gasteiger partial charge in [0.05, 0.1) is 16.6 Å². The zero-order valence-corrected chi connectivity index (χ0v) is 8.19. The highest BCUT2D eigenvalue weighted by atomic mass is 16.1. The number of hydrogen-bond donors (Lipinski definition) is 0. The molecular weight excluding hydrogens is 188 g/mol. The second kappa shape index (κ2) is 2.73. The average Bonchev–Trinajstić information content (AvgIpc) is 2.54. The van der Waals surface area contributed by atoms with E-state index in [9.17, 15) is 4.79 Å². The van der Waals surface area contributed by atoms with Crippen LogP contribution in [0.5, 0.6) is 0 Å². The molecule has 0 aromatic heterocycles. The van der Waals surface area contributed by atoms with Crippen molar-refractivity contribution in [3.8, 4) is 0 Å². The molecule has 2 aliphatic rings. The highest BCUT2D eigenvalue weighted by Crippen LogP contribution is 2.19. The van der Waals surface area contributed by atoms with Gasteiger partial charge in [-0.25, -0.2) is 9.98 Å². The van der Waals surface area contributed by atoms with Gasteiger partial charge >= 0.3 is 0 Å². The van der Waals surface area contributed by atoms with Gasteiger partial charge in [-0.3, -0.25) is 4.79 Å². The normalized spacial score (nSPS) is 17.7. The lowest BCUT2D eigenvalue weighted by atomic mass is 10.1. The number of nitrogens with zero attached hydrogens (tertiary/aromatic N) is 2. The molecule has 1 aromatic rings. The second-order valence-corrected chi connectivity index (χ2v) is 3.59. The molecule has 2 heterocycles. The molecule has 3 heteroatoms. The minimum atomic E-state index is -0.182. The number of aliphatic imine (C=N–C) groups is 1. The number of benzene rings is 1. The van der Waals surface area contributed by atoms with E-state index in [1.807, 2.05) is 30.3 Å². The number of allylic oxidation sites excluding steroid dienone is 1. The quantitative estimate of drug-likeness (QED) is 0.590. The third-order valence-electron chi connectivity index (χ3n) is 2.51. The monoisotopic (exact) mass is 196 g/mol. The number of rotatable bonds is 0. The minimum Gasteiger partial charge on any atom is -0.267 e. The van der Waals surface area contributed by atoms with Crippen molar-refractivity contribution in [1.82, 2.24) is 0 Å². The van der Waals surface area contributed by atoms with E-state index in [0.717, 1.165) is 22.0 Å². The Morgan fingerprint density at radius 3 is 2.80 bits per heavy atom. The summed E-state index contributed by atoms with van der Waals surface area (Å²) >= 11 is 0. The molecule has 3 rings (SSSR count). The summed E-state index contributed by atoms with van der Waals surface area (Å²) in [7, 11) is 0. The minimum absolute atomic E-state index is 0.182. The molecule has 0 bridgehead atoms. The van der Waals surface area contributed by atoms with Crippen LogP contribution in [-0.4, -0.2) is 11.6 Å². The number of carbonyl (C=O) groups excluding carboxylic acids is 1. The Hall–Kier alpha value is -2.03. The number of amides is 1. The smallest absolute Gasteiger partial charge is 0.267 e. The molecule has 0 spiro atoms. The molecular formula is C12H8N2O. The third-order valence-corrected chi connectivity index (χ3v) is 2.51. The van der Waals surface area contributed by atoms with Crippen molar-refractivity contribution < 1.29 is 4.79 Å². The fraction of sp³-hybridized carbons (Fsp3) is 0.0833. The van der Waals surface area contributed by atoms with Gasteiger partial charge in [0.1, 0.15) is 0 Å². The van der Waals surface area contributed by atoms with Crippen LogP contribution in [0.2, 0.25) is 0 Å². The second-order valence-electron chi connectivity index (χ2n) is 3.59. The van der Waals surface area contributed by atoms with E-state index < -0.39 is 0 Å². The predicted octanol–water partition coefficient (Wildman–Crippen LogP) is 0.356. The van der Waals surface area contributed by atoms with Gasteiger partial charge in [0.2, 0.25) is 0 Å². The SMILES string of the molecule is CC1=NC(=O)C2=c3ccccc3=NC2=C1. The Morgan fingerprint density at radius 2 is 1.93 bits per heavy atom. The van der Waals surface area contributed by atoms with Crippen LogP contribution in [-0.2, 0) is 4.79 Å². The van der Waals surface area contributed by atoms with Crippen molar-refractivity contribution in [2.24, 2.45) is 9.98 Å². The first-order chi connectivity index (χ1) is 7.25. The molecule has 0 saturated heterocycles. The van der Waals surface area contributed by atoms with E-state index in [1.54, 1.807) is 6.92 Å². The Labute approximate surface area is 86.2 Å². The summed E-state index contributed by atoms with van der Waals surface area (Å²) in [5, 5.41) is 1.75. The topological polar surface area (TPSA) is 41.8 Å². The number of dihydropyridines is 1. The molecule has 3 nitrogen and oxygen atoms in total. The molecule has 0 fully saturated rings. The molecule has 0 saturated carbocycles. The van der Waals surface area contributed by atoms with Crippen LogP contribution >= 0.6 is 0 Å².